The monoisotopic (exact) mass is 518 g/mol. The number of benzene rings is 2. The first-order chi connectivity index (χ1) is 15.3. The van der Waals surface area contributed by atoms with Gasteiger partial charge in [0.2, 0.25) is 15.9 Å². The van der Waals surface area contributed by atoms with Gasteiger partial charge in [-0.3, -0.25) is 9.59 Å². The zero-order valence-corrected chi connectivity index (χ0v) is 20.0. The van der Waals surface area contributed by atoms with Gasteiger partial charge in [0.1, 0.15) is 5.71 Å². The summed E-state index contributed by atoms with van der Waals surface area (Å²) >= 11 is 3.31. The molecule has 1 saturated heterocycles. The van der Waals surface area contributed by atoms with Gasteiger partial charge in [-0.1, -0.05) is 34.1 Å². The van der Waals surface area contributed by atoms with Crippen LogP contribution in [0.3, 0.4) is 0 Å². The number of hydrazone groups is 1. The number of aryl methyl sites for hydroxylation is 1. The molecular weight excluding hydrogens is 496 g/mol. The van der Waals surface area contributed by atoms with Crippen molar-refractivity contribution >= 4 is 49.2 Å². The molecule has 0 aliphatic carbocycles. The van der Waals surface area contributed by atoms with Crippen LogP contribution in [0.2, 0.25) is 0 Å². The first-order valence-electron chi connectivity index (χ1n) is 10.3. The number of rotatable bonds is 4. The van der Waals surface area contributed by atoms with Crippen LogP contribution < -0.4 is 5.01 Å². The van der Waals surface area contributed by atoms with E-state index < -0.39 is 10.0 Å². The highest BCUT2D eigenvalue weighted by Gasteiger charge is 2.33. The lowest BCUT2D eigenvalue weighted by molar-refractivity contribution is -0.125. The summed E-state index contributed by atoms with van der Waals surface area (Å²) in [6.45, 7) is 2.84. The zero-order chi connectivity index (χ0) is 22.9. The molecule has 0 N–H and O–H groups in total. The SMILES string of the molecule is Cc1ccccc1N1N=C(C(=O)N2CCN(S(=O)(=O)c3ccc(Br)cc3)CC2)CCC1=O. The second-order valence-electron chi connectivity index (χ2n) is 7.69. The fourth-order valence-electron chi connectivity index (χ4n) is 3.77. The van der Waals surface area contributed by atoms with Crippen molar-refractivity contribution in [3.8, 4) is 0 Å². The third-order valence-electron chi connectivity index (χ3n) is 5.60. The van der Waals surface area contributed by atoms with Gasteiger partial charge < -0.3 is 4.90 Å². The Hall–Kier alpha value is -2.56. The molecule has 0 atom stereocenters. The average molecular weight is 519 g/mol. The van der Waals surface area contributed by atoms with Crippen LogP contribution in [-0.4, -0.2) is 61.3 Å². The van der Waals surface area contributed by atoms with Crippen LogP contribution in [0, 0.1) is 6.92 Å². The van der Waals surface area contributed by atoms with E-state index in [2.05, 4.69) is 21.0 Å². The minimum absolute atomic E-state index is 0.152. The number of para-hydroxylation sites is 1. The van der Waals surface area contributed by atoms with Gasteiger partial charge in [-0.25, -0.2) is 13.4 Å². The molecule has 2 heterocycles. The molecule has 4 rings (SSSR count). The van der Waals surface area contributed by atoms with Crippen molar-refractivity contribution in [2.45, 2.75) is 24.7 Å². The lowest BCUT2D eigenvalue weighted by atomic mass is 10.1. The van der Waals surface area contributed by atoms with Gasteiger partial charge >= 0.3 is 0 Å². The molecule has 0 saturated carbocycles. The summed E-state index contributed by atoms with van der Waals surface area (Å²) in [5, 5.41) is 5.67. The third kappa shape index (κ3) is 4.48. The lowest BCUT2D eigenvalue weighted by Gasteiger charge is -2.35. The molecule has 0 radical (unpaired) electrons. The second-order valence-corrected chi connectivity index (χ2v) is 10.5. The van der Waals surface area contributed by atoms with Crippen molar-refractivity contribution in [1.29, 1.82) is 0 Å². The Morgan fingerprint density at radius 3 is 2.28 bits per heavy atom. The molecule has 8 nitrogen and oxygen atoms in total. The molecule has 0 unspecified atom stereocenters. The Balaban J connectivity index is 1.46. The molecule has 0 aromatic heterocycles. The fraction of sp³-hybridized carbons (Fsp3) is 0.318. The summed E-state index contributed by atoms with van der Waals surface area (Å²) in [6.07, 6.45) is 0.480. The highest BCUT2D eigenvalue weighted by Crippen LogP contribution is 2.25. The maximum absolute atomic E-state index is 13.1. The Labute approximate surface area is 195 Å². The van der Waals surface area contributed by atoms with Crippen LogP contribution in [0.5, 0.6) is 0 Å². The average Bonchev–Trinajstić information content (AvgIpc) is 2.80. The molecule has 2 aliphatic heterocycles. The molecule has 10 heteroatoms. The normalized spacial score (nSPS) is 17.9. The number of amides is 2. The smallest absolute Gasteiger partial charge is 0.270 e. The van der Waals surface area contributed by atoms with Gasteiger partial charge in [0, 0.05) is 43.5 Å². The summed E-state index contributed by atoms with van der Waals surface area (Å²) in [5.74, 6) is -0.405. The number of piperazine rings is 1. The predicted octanol–water partition coefficient (Wildman–Crippen LogP) is 2.77. The molecule has 0 bridgehead atoms. The van der Waals surface area contributed by atoms with Gasteiger partial charge in [0.05, 0.1) is 10.6 Å². The maximum atomic E-state index is 13.1. The van der Waals surface area contributed by atoms with Crippen LogP contribution in [0.4, 0.5) is 5.69 Å². The standard InChI is InChI=1S/C22H23BrN4O4S/c1-16-4-2-3-5-20(16)27-21(28)11-10-19(24-27)22(29)25-12-14-26(15-13-25)32(30,31)18-8-6-17(23)7-9-18/h2-9H,10-15H2,1H3. The zero-order valence-electron chi connectivity index (χ0n) is 17.6. The molecule has 32 heavy (non-hydrogen) atoms. The van der Waals surface area contributed by atoms with E-state index in [-0.39, 0.29) is 55.7 Å². The van der Waals surface area contributed by atoms with E-state index in [0.717, 1.165) is 10.0 Å². The van der Waals surface area contributed by atoms with E-state index in [0.29, 0.717) is 11.4 Å². The van der Waals surface area contributed by atoms with Crippen LogP contribution in [0.25, 0.3) is 0 Å². The molecule has 2 aromatic rings. The van der Waals surface area contributed by atoms with Crippen molar-refractivity contribution in [1.82, 2.24) is 9.21 Å². The number of nitrogens with zero attached hydrogens (tertiary/aromatic N) is 4. The molecule has 168 valence electrons. The van der Waals surface area contributed by atoms with Crippen molar-refractivity contribution in [3.63, 3.8) is 0 Å². The maximum Gasteiger partial charge on any atom is 0.270 e. The Kier molecular flexibility index (Phi) is 6.45. The van der Waals surface area contributed by atoms with Gasteiger partial charge in [-0.05, 0) is 42.8 Å². The summed E-state index contributed by atoms with van der Waals surface area (Å²) in [5.41, 5.74) is 1.87. The summed E-state index contributed by atoms with van der Waals surface area (Å²) < 4.78 is 28.0. The number of halogens is 1. The number of hydrogen-bond acceptors (Lipinski definition) is 5. The number of carbonyl (C=O) groups excluding carboxylic acids is 2. The molecule has 2 amide bonds. The Bertz CT molecular complexity index is 1170. The second kappa shape index (κ2) is 9.13. The molecule has 1 fully saturated rings. The van der Waals surface area contributed by atoms with Crippen LogP contribution in [-0.2, 0) is 19.6 Å². The lowest BCUT2D eigenvalue weighted by Crippen LogP contribution is -2.52. The van der Waals surface area contributed by atoms with E-state index >= 15 is 0 Å². The number of anilines is 1. The highest BCUT2D eigenvalue weighted by atomic mass is 79.9. The van der Waals surface area contributed by atoms with Crippen LogP contribution in [0.1, 0.15) is 18.4 Å². The van der Waals surface area contributed by atoms with Crippen molar-refractivity contribution in [3.05, 3.63) is 58.6 Å². The number of sulfonamides is 1. The molecule has 0 spiro atoms. The number of hydrogen-bond donors (Lipinski definition) is 0. The Morgan fingerprint density at radius 2 is 1.62 bits per heavy atom. The molecule has 2 aliphatic rings. The van der Waals surface area contributed by atoms with E-state index in [1.807, 2.05) is 25.1 Å². The van der Waals surface area contributed by atoms with Gasteiger partial charge in [0.15, 0.2) is 0 Å². The molecular formula is C22H23BrN4O4S. The van der Waals surface area contributed by atoms with Crippen molar-refractivity contribution in [2.24, 2.45) is 5.10 Å². The minimum Gasteiger partial charge on any atom is -0.335 e. The van der Waals surface area contributed by atoms with E-state index in [4.69, 9.17) is 0 Å². The summed E-state index contributed by atoms with van der Waals surface area (Å²) in [4.78, 5) is 27.3. The molecule has 2 aromatic carbocycles. The van der Waals surface area contributed by atoms with Crippen LogP contribution >= 0.6 is 15.9 Å². The van der Waals surface area contributed by atoms with Gasteiger partial charge in [0.25, 0.3) is 5.91 Å². The van der Waals surface area contributed by atoms with Gasteiger partial charge in [-0.2, -0.15) is 9.41 Å². The fourth-order valence-corrected chi connectivity index (χ4v) is 5.45. The quantitative estimate of drug-likeness (QED) is 0.622. The largest absolute Gasteiger partial charge is 0.335 e. The van der Waals surface area contributed by atoms with Gasteiger partial charge in [-0.15, -0.1) is 0 Å². The summed E-state index contributed by atoms with van der Waals surface area (Å²) in [6, 6.07) is 13.9. The number of carbonyl (C=O) groups is 2. The first kappa shape index (κ1) is 22.6. The van der Waals surface area contributed by atoms with E-state index in [1.165, 1.54) is 9.31 Å². The first-order valence-corrected chi connectivity index (χ1v) is 12.5. The third-order valence-corrected chi connectivity index (χ3v) is 8.04. The van der Waals surface area contributed by atoms with Crippen molar-refractivity contribution < 1.29 is 18.0 Å². The Morgan fingerprint density at radius 1 is 0.969 bits per heavy atom. The minimum atomic E-state index is -3.62. The topological polar surface area (TPSA) is 90.4 Å². The van der Waals surface area contributed by atoms with Crippen molar-refractivity contribution in [2.75, 3.05) is 31.2 Å². The highest BCUT2D eigenvalue weighted by molar-refractivity contribution is 9.10. The van der Waals surface area contributed by atoms with E-state index in [9.17, 15) is 18.0 Å². The van der Waals surface area contributed by atoms with Crippen LogP contribution in [0.15, 0.2) is 63.0 Å². The van der Waals surface area contributed by atoms with E-state index in [1.54, 1.807) is 35.2 Å². The predicted molar refractivity (Wildman–Crippen MR) is 125 cm³/mol. The summed E-state index contributed by atoms with van der Waals surface area (Å²) in [7, 11) is -3.62.